The molecule has 152 valence electrons. The van der Waals surface area contributed by atoms with Crippen molar-refractivity contribution in [2.45, 2.75) is 12.3 Å². The molecule has 5 nitrogen and oxygen atoms in total. The SMILES string of the molecule is O=C(NOCC(O)C(F)(F)F)c1ccc(F)c(F)c1Nc1ccc(I)cc1Cl. The van der Waals surface area contributed by atoms with Crippen molar-refractivity contribution in [3.05, 3.63) is 56.1 Å². The lowest BCUT2D eigenvalue weighted by molar-refractivity contribution is -0.221. The molecule has 3 N–H and O–H groups in total. The molecule has 1 unspecified atom stereocenters. The molecule has 0 aliphatic heterocycles. The molecular weight excluding hydrogens is 526 g/mol. The van der Waals surface area contributed by atoms with Crippen LogP contribution >= 0.6 is 34.2 Å². The Morgan fingerprint density at radius 3 is 2.54 bits per heavy atom. The van der Waals surface area contributed by atoms with E-state index in [9.17, 15) is 26.7 Å². The summed E-state index contributed by atoms with van der Waals surface area (Å²) in [4.78, 5) is 16.4. The van der Waals surface area contributed by atoms with Crippen molar-refractivity contribution >= 4 is 51.5 Å². The Hall–Kier alpha value is -1.70. The van der Waals surface area contributed by atoms with Crippen LogP contribution in [-0.4, -0.2) is 29.9 Å². The molecular formula is C16H11ClF5IN2O3. The summed E-state index contributed by atoms with van der Waals surface area (Å²) in [7, 11) is 0. The van der Waals surface area contributed by atoms with Gasteiger partial charge in [-0.15, -0.1) is 0 Å². The molecule has 2 aromatic rings. The number of hydrogen-bond donors (Lipinski definition) is 3. The Bertz CT molecular complexity index is 882. The first-order valence-electron chi connectivity index (χ1n) is 7.37. The van der Waals surface area contributed by atoms with E-state index in [-0.39, 0.29) is 10.7 Å². The average Bonchev–Trinajstić information content (AvgIpc) is 2.60. The largest absolute Gasteiger partial charge is 0.416 e. The van der Waals surface area contributed by atoms with E-state index in [1.165, 1.54) is 12.1 Å². The molecule has 0 spiro atoms. The number of aliphatic hydroxyl groups excluding tert-OH is 1. The van der Waals surface area contributed by atoms with Gasteiger partial charge in [-0.05, 0) is 52.9 Å². The minimum absolute atomic E-state index is 0.159. The minimum atomic E-state index is -4.94. The number of benzene rings is 2. The predicted molar refractivity (Wildman–Crippen MR) is 99.3 cm³/mol. The third-order valence-electron chi connectivity index (χ3n) is 3.31. The van der Waals surface area contributed by atoms with E-state index in [1.807, 2.05) is 22.6 Å². The zero-order valence-electron chi connectivity index (χ0n) is 13.6. The first-order chi connectivity index (χ1) is 13.0. The van der Waals surface area contributed by atoms with E-state index in [4.69, 9.17) is 16.7 Å². The van der Waals surface area contributed by atoms with Gasteiger partial charge in [0, 0.05) is 3.57 Å². The Kier molecular flexibility index (Phi) is 7.42. The van der Waals surface area contributed by atoms with Gasteiger partial charge in [0.15, 0.2) is 17.7 Å². The van der Waals surface area contributed by atoms with Crippen molar-refractivity contribution in [1.29, 1.82) is 0 Å². The highest BCUT2D eigenvalue weighted by molar-refractivity contribution is 14.1. The molecule has 0 radical (unpaired) electrons. The molecule has 0 aliphatic carbocycles. The maximum atomic E-state index is 14.2. The lowest BCUT2D eigenvalue weighted by Gasteiger charge is -2.16. The van der Waals surface area contributed by atoms with Crippen molar-refractivity contribution in [2.24, 2.45) is 0 Å². The lowest BCUT2D eigenvalue weighted by Crippen LogP contribution is -2.36. The van der Waals surface area contributed by atoms with E-state index < -0.39 is 47.7 Å². The van der Waals surface area contributed by atoms with Crippen molar-refractivity contribution in [3.63, 3.8) is 0 Å². The van der Waals surface area contributed by atoms with E-state index in [0.717, 1.165) is 9.64 Å². The Balaban J connectivity index is 2.22. The highest BCUT2D eigenvalue weighted by Crippen LogP contribution is 2.31. The maximum absolute atomic E-state index is 14.2. The average molecular weight is 537 g/mol. The summed E-state index contributed by atoms with van der Waals surface area (Å²) < 4.78 is 65.2. The number of carbonyl (C=O) groups excluding carboxylic acids is 1. The normalized spacial score (nSPS) is 12.6. The summed E-state index contributed by atoms with van der Waals surface area (Å²) in [5.74, 6) is -3.84. The van der Waals surface area contributed by atoms with Gasteiger partial charge in [-0.1, -0.05) is 11.6 Å². The number of hydroxylamine groups is 1. The fraction of sp³-hybridized carbons (Fsp3) is 0.188. The quantitative estimate of drug-likeness (QED) is 0.288. The molecule has 0 bridgehead atoms. The number of halogens is 7. The second-order valence-corrected chi connectivity index (χ2v) is 6.99. The maximum Gasteiger partial charge on any atom is 0.416 e. The number of rotatable bonds is 6. The van der Waals surface area contributed by atoms with Crippen LogP contribution in [0.4, 0.5) is 33.3 Å². The molecule has 0 heterocycles. The van der Waals surface area contributed by atoms with Crippen LogP contribution in [0.5, 0.6) is 0 Å². The fourth-order valence-electron chi connectivity index (χ4n) is 1.92. The molecule has 1 amide bonds. The van der Waals surface area contributed by atoms with Crippen LogP contribution in [0.2, 0.25) is 5.02 Å². The Morgan fingerprint density at radius 1 is 1.25 bits per heavy atom. The number of alkyl halides is 3. The second kappa shape index (κ2) is 9.20. The summed E-state index contributed by atoms with van der Waals surface area (Å²) in [6.07, 6.45) is -7.78. The van der Waals surface area contributed by atoms with Gasteiger partial charge in [-0.3, -0.25) is 9.63 Å². The van der Waals surface area contributed by atoms with Crippen molar-refractivity contribution in [3.8, 4) is 0 Å². The van der Waals surface area contributed by atoms with Gasteiger partial charge < -0.3 is 10.4 Å². The Labute approximate surface area is 173 Å². The molecule has 1 atom stereocenters. The van der Waals surface area contributed by atoms with Crippen LogP contribution in [0.25, 0.3) is 0 Å². The smallest absolute Gasteiger partial charge is 0.381 e. The van der Waals surface area contributed by atoms with E-state index in [1.54, 1.807) is 11.5 Å². The molecule has 28 heavy (non-hydrogen) atoms. The lowest BCUT2D eigenvalue weighted by atomic mass is 10.1. The number of amides is 1. The first-order valence-corrected chi connectivity index (χ1v) is 8.83. The van der Waals surface area contributed by atoms with E-state index in [0.29, 0.717) is 6.07 Å². The number of aliphatic hydroxyl groups is 1. The summed E-state index contributed by atoms with van der Waals surface area (Å²) in [5.41, 5.74) is 0.738. The van der Waals surface area contributed by atoms with E-state index in [2.05, 4.69) is 10.2 Å². The van der Waals surface area contributed by atoms with Gasteiger partial charge in [0.1, 0.15) is 6.61 Å². The van der Waals surface area contributed by atoms with Crippen molar-refractivity contribution < 1.29 is 36.7 Å². The standard InChI is InChI=1S/C16H11ClF5IN2O3/c17-9-5-7(23)1-4-11(9)24-14-8(2-3-10(18)13(14)19)15(27)25-28-6-12(26)16(20,21)22/h1-5,12,24,26H,6H2,(H,25,27). The molecule has 0 saturated carbocycles. The zero-order valence-corrected chi connectivity index (χ0v) is 16.5. The number of nitrogens with one attached hydrogen (secondary N) is 2. The molecule has 0 fully saturated rings. The second-order valence-electron chi connectivity index (χ2n) is 5.33. The van der Waals surface area contributed by atoms with Crippen LogP contribution in [0.15, 0.2) is 30.3 Å². The summed E-state index contributed by atoms with van der Waals surface area (Å²) in [6, 6.07) is 6.18. The first kappa shape index (κ1) is 22.6. The van der Waals surface area contributed by atoms with Gasteiger partial charge in [-0.2, -0.15) is 13.2 Å². The molecule has 2 rings (SSSR count). The predicted octanol–water partition coefficient (Wildman–Crippen LogP) is 4.55. The number of carbonyl (C=O) groups is 1. The topological polar surface area (TPSA) is 70.6 Å². The third kappa shape index (κ3) is 5.65. The molecule has 0 aliphatic rings. The Morgan fingerprint density at radius 2 is 1.93 bits per heavy atom. The van der Waals surface area contributed by atoms with Gasteiger partial charge >= 0.3 is 6.18 Å². The number of anilines is 2. The van der Waals surface area contributed by atoms with Crippen LogP contribution in [-0.2, 0) is 4.84 Å². The summed E-state index contributed by atoms with van der Waals surface area (Å²) in [6.45, 7) is -1.29. The highest BCUT2D eigenvalue weighted by atomic mass is 127. The molecule has 12 heteroatoms. The summed E-state index contributed by atoms with van der Waals surface area (Å²) in [5, 5.41) is 11.5. The molecule has 0 saturated heterocycles. The van der Waals surface area contributed by atoms with Crippen LogP contribution < -0.4 is 10.8 Å². The molecule has 0 aromatic heterocycles. The fourth-order valence-corrected chi connectivity index (χ4v) is 2.83. The van der Waals surface area contributed by atoms with Gasteiger partial charge in [0.25, 0.3) is 5.91 Å². The van der Waals surface area contributed by atoms with Crippen LogP contribution in [0, 0.1) is 15.2 Å². The van der Waals surface area contributed by atoms with Crippen LogP contribution in [0.1, 0.15) is 10.4 Å². The highest BCUT2D eigenvalue weighted by Gasteiger charge is 2.38. The third-order valence-corrected chi connectivity index (χ3v) is 4.30. The van der Waals surface area contributed by atoms with Gasteiger partial charge in [0.05, 0.1) is 22.0 Å². The van der Waals surface area contributed by atoms with Gasteiger partial charge in [-0.25, -0.2) is 14.3 Å². The van der Waals surface area contributed by atoms with Gasteiger partial charge in [0.2, 0.25) is 0 Å². The van der Waals surface area contributed by atoms with E-state index >= 15 is 0 Å². The monoisotopic (exact) mass is 536 g/mol. The minimum Gasteiger partial charge on any atom is -0.381 e. The van der Waals surface area contributed by atoms with Crippen molar-refractivity contribution in [2.75, 3.05) is 11.9 Å². The molecule has 2 aromatic carbocycles. The van der Waals surface area contributed by atoms with Crippen molar-refractivity contribution in [1.82, 2.24) is 5.48 Å². The number of hydrogen-bond acceptors (Lipinski definition) is 4. The summed E-state index contributed by atoms with van der Waals surface area (Å²) >= 11 is 8.00. The zero-order chi connectivity index (χ0) is 21.1. The van der Waals surface area contributed by atoms with Crippen LogP contribution in [0.3, 0.4) is 0 Å².